The molecule has 1 saturated carbocycles. The zero-order valence-electron chi connectivity index (χ0n) is 15.1. The molecule has 0 saturated heterocycles. The van der Waals surface area contributed by atoms with Gasteiger partial charge in [0.2, 0.25) is 11.8 Å². The Morgan fingerprint density at radius 1 is 1.29 bits per heavy atom. The van der Waals surface area contributed by atoms with Crippen molar-refractivity contribution in [2.45, 2.75) is 25.4 Å². The van der Waals surface area contributed by atoms with Gasteiger partial charge >= 0.3 is 0 Å². The second kappa shape index (κ2) is 7.59. The highest BCUT2D eigenvalue weighted by molar-refractivity contribution is 6.33. The van der Waals surface area contributed by atoms with Crippen molar-refractivity contribution in [1.29, 1.82) is 0 Å². The Morgan fingerprint density at radius 2 is 2.07 bits per heavy atom. The Balaban J connectivity index is 1.60. The van der Waals surface area contributed by atoms with Gasteiger partial charge in [0, 0.05) is 6.04 Å². The molecule has 0 spiro atoms. The number of rotatable bonds is 6. The van der Waals surface area contributed by atoms with Crippen LogP contribution in [-0.2, 0) is 6.54 Å². The fraction of sp³-hybridized carbons (Fsp3) is 0.250. The predicted molar refractivity (Wildman–Crippen MR) is 101 cm³/mol. The van der Waals surface area contributed by atoms with Crippen molar-refractivity contribution in [3.63, 3.8) is 0 Å². The van der Waals surface area contributed by atoms with E-state index >= 15 is 0 Å². The predicted octanol–water partition coefficient (Wildman–Crippen LogP) is 4.34. The number of hydrogen-bond acceptors (Lipinski definition) is 5. The molecule has 2 aromatic carbocycles. The van der Waals surface area contributed by atoms with Gasteiger partial charge in [0.1, 0.15) is 11.6 Å². The molecule has 4 rings (SSSR count). The summed E-state index contributed by atoms with van der Waals surface area (Å²) < 4.78 is 24.6. The minimum Gasteiger partial charge on any atom is -0.496 e. The maximum absolute atomic E-state index is 13.7. The molecule has 1 aromatic heterocycles. The summed E-state index contributed by atoms with van der Waals surface area (Å²) in [6.07, 6.45) is 1.74. The van der Waals surface area contributed by atoms with Crippen LogP contribution in [-0.4, -0.2) is 34.2 Å². The van der Waals surface area contributed by atoms with Gasteiger partial charge in [-0.05, 0) is 43.2 Å². The molecule has 0 atom stereocenters. The summed E-state index contributed by atoms with van der Waals surface area (Å²) in [6, 6.07) is 11.1. The fourth-order valence-electron chi connectivity index (χ4n) is 2.96. The van der Waals surface area contributed by atoms with E-state index < -0.39 is 5.82 Å². The second-order valence-corrected chi connectivity index (χ2v) is 6.90. The molecule has 8 heteroatoms. The van der Waals surface area contributed by atoms with E-state index in [0.717, 1.165) is 12.8 Å². The van der Waals surface area contributed by atoms with E-state index in [4.69, 9.17) is 20.8 Å². The molecule has 1 amide bonds. The van der Waals surface area contributed by atoms with Gasteiger partial charge in [-0.1, -0.05) is 23.7 Å². The van der Waals surface area contributed by atoms with E-state index in [1.165, 1.54) is 25.3 Å². The molecular formula is C20H17ClFN3O3. The lowest BCUT2D eigenvalue weighted by Crippen LogP contribution is -2.33. The number of ether oxygens (including phenoxy) is 1. The summed E-state index contributed by atoms with van der Waals surface area (Å²) in [5.74, 6) is 0.0482. The average molecular weight is 402 g/mol. The normalized spacial score (nSPS) is 13.4. The van der Waals surface area contributed by atoms with Gasteiger partial charge < -0.3 is 14.1 Å². The zero-order valence-corrected chi connectivity index (χ0v) is 15.8. The van der Waals surface area contributed by atoms with Gasteiger partial charge in [0.05, 0.1) is 29.8 Å². The molecule has 0 bridgehead atoms. The molecule has 6 nitrogen and oxygen atoms in total. The van der Waals surface area contributed by atoms with Gasteiger partial charge in [0.15, 0.2) is 0 Å². The SMILES string of the molecule is COc1ccc(F)cc1C(=O)N(Cc1nnc(-c2ccccc2Cl)o1)C1CC1. The molecule has 1 fully saturated rings. The van der Waals surface area contributed by atoms with E-state index in [1.54, 1.807) is 17.0 Å². The van der Waals surface area contributed by atoms with Crippen LogP contribution in [0.2, 0.25) is 5.02 Å². The maximum atomic E-state index is 13.7. The van der Waals surface area contributed by atoms with Gasteiger partial charge in [0.25, 0.3) is 5.91 Å². The fourth-order valence-corrected chi connectivity index (χ4v) is 3.18. The smallest absolute Gasteiger partial charge is 0.258 e. The van der Waals surface area contributed by atoms with E-state index in [0.29, 0.717) is 16.3 Å². The number of nitrogens with zero attached hydrogens (tertiary/aromatic N) is 3. The lowest BCUT2D eigenvalue weighted by molar-refractivity contribution is 0.0710. The van der Waals surface area contributed by atoms with E-state index in [2.05, 4.69) is 10.2 Å². The highest BCUT2D eigenvalue weighted by Gasteiger charge is 2.35. The molecular weight excluding hydrogens is 385 g/mol. The summed E-state index contributed by atoms with van der Waals surface area (Å²) >= 11 is 6.17. The Bertz CT molecular complexity index is 1020. The van der Waals surface area contributed by atoms with Crippen LogP contribution in [0, 0.1) is 5.82 Å². The minimum atomic E-state index is -0.501. The molecule has 1 aliphatic carbocycles. The number of amides is 1. The average Bonchev–Trinajstić information content (AvgIpc) is 3.44. The number of halogens is 2. The van der Waals surface area contributed by atoms with Gasteiger partial charge in [-0.15, -0.1) is 10.2 Å². The molecule has 0 unspecified atom stereocenters. The van der Waals surface area contributed by atoms with E-state index in [-0.39, 0.29) is 35.8 Å². The Kier molecular flexibility index (Phi) is 5.00. The van der Waals surface area contributed by atoms with Crippen LogP contribution in [0.3, 0.4) is 0 Å². The highest BCUT2D eigenvalue weighted by Crippen LogP contribution is 2.33. The molecule has 0 aliphatic heterocycles. The summed E-state index contributed by atoms with van der Waals surface area (Å²) in [4.78, 5) is 14.7. The molecule has 1 aliphatic rings. The van der Waals surface area contributed by atoms with Crippen molar-refractivity contribution >= 4 is 17.5 Å². The lowest BCUT2D eigenvalue weighted by Gasteiger charge is -2.21. The quantitative estimate of drug-likeness (QED) is 0.614. The number of carbonyl (C=O) groups excluding carboxylic acids is 1. The minimum absolute atomic E-state index is 0.0520. The second-order valence-electron chi connectivity index (χ2n) is 6.49. The van der Waals surface area contributed by atoms with Crippen LogP contribution in [0.5, 0.6) is 5.75 Å². The van der Waals surface area contributed by atoms with Gasteiger partial charge in [-0.25, -0.2) is 4.39 Å². The Morgan fingerprint density at radius 3 is 2.79 bits per heavy atom. The zero-order chi connectivity index (χ0) is 19.7. The highest BCUT2D eigenvalue weighted by atomic mass is 35.5. The van der Waals surface area contributed by atoms with Crippen LogP contribution in [0.15, 0.2) is 46.9 Å². The first-order chi connectivity index (χ1) is 13.6. The number of aromatic nitrogens is 2. The number of methoxy groups -OCH3 is 1. The van der Waals surface area contributed by atoms with Crippen LogP contribution in [0.1, 0.15) is 29.1 Å². The van der Waals surface area contributed by atoms with E-state index in [9.17, 15) is 9.18 Å². The first kappa shape index (κ1) is 18.4. The van der Waals surface area contributed by atoms with Crippen molar-refractivity contribution in [1.82, 2.24) is 15.1 Å². The van der Waals surface area contributed by atoms with E-state index in [1.807, 2.05) is 12.1 Å². The largest absolute Gasteiger partial charge is 0.496 e. The molecule has 144 valence electrons. The Hall–Kier alpha value is -2.93. The monoisotopic (exact) mass is 401 g/mol. The van der Waals surface area contributed by atoms with Gasteiger partial charge in [-0.2, -0.15) is 0 Å². The Labute approximate surface area is 165 Å². The topological polar surface area (TPSA) is 68.5 Å². The van der Waals surface area contributed by atoms with Crippen molar-refractivity contribution in [2.75, 3.05) is 7.11 Å². The molecule has 1 heterocycles. The number of hydrogen-bond donors (Lipinski definition) is 0. The third-order valence-electron chi connectivity index (χ3n) is 4.52. The first-order valence-electron chi connectivity index (χ1n) is 8.78. The third-order valence-corrected chi connectivity index (χ3v) is 4.85. The molecule has 0 N–H and O–H groups in total. The summed E-state index contributed by atoms with van der Waals surface area (Å²) in [7, 11) is 1.44. The van der Waals surface area contributed by atoms with Crippen LogP contribution in [0.4, 0.5) is 4.39 Å². The molecule has 3 aromatic rings. The van der Waals surface area contributed by atoms with Gasteiger partial charge in [-0.3, -0.25) is 4.79 Å². The van der Waals surface area contributed by atoms with Crippen LogP contribution in [0.25, 0.3) is 11.5 Å². The van der Waals surface area contributed by atoms with Crippen LogP contribution < -0.4 is 4.74 Å². The number of carbonyl (C=O) groups is 1. The van der Waals surface area contributed by atoms with Crippen molar-refractivity contribution < 1.29 is 18.3 Å². The maximum Gasteiger partial charge on any atom is 0.258 e. The van der Waals surface area contributed by atoms with Crippen LogP contribution >= 0.6 is 11.6 Å². The van der Waals surface area contributed by atoms with Crippen molar-refractivity contribution in [3.05, 3.63) is 64.8 Å². The molecule has 0 radical (unpaired) electrons. The summed E-state index contributed by atoms with van der Waals surface area (Å²) in [5.41, 5.74) is 0.791. The standard InChI is InChI=1S/C20H17ClFN3O3/c1-27-17-9-6-12(22)10-15(17)20(26)25(13-7-8-13)11-18-23-24-19(28-18)14-4-2-3-5-16(14)21/h2-6,9-10,13H,7-8,11H2,1H3. The number of benzene rings is 2. The lowest BCUT2D eigenvalue weighted by atomic mass is 10.1. The third kappa shape index (κ3) is 3.71. The summed E-state index contributed by atoms with van der Waals surface area (Å²) in [6.45, 7) is 0.126. The summed E-state index contributed by atoms with van der Waals surface area (Å²) in [5, 5.41) is 8.58. The van der Waals surface area contributed by atoms with Crippen molar-refractivity contribution in [2.24, 2.45) is 0 Å². The van der Waals surface area contributed by atoms with Crippen molar-refractivity contribution in [3.8, 4) is 17.2 Å². The molecule has 28 heavy (non-hydrogen) atoms. The first-order valence-corrected chi connectivity index (χ1v) is 9.16.